The number of hydrogen-bond donors (Lipinski definition) is 2. The number of nitrogens with two attached hydrogens (primary N) is 2. The van der Waals surface area contributed by atoms with Crippen molar-refractivity contribution in [2.75, 3.05) is 26.2 Å². The smallest absolute Gasteiger partial charge is 0.230 e. The molecule has 6 heteroatoms. The van der Waals surface area contributed by atoms with Crippen LogP contribution in [0.25, 0.3) is 0 Å². The maximum atomic E-state index is 13.0. The average Bonchev–Trinajstić information content (AvgIpc) is 3.22. The van der Waals surface area contributed by atoms with Crippen LogP contribution >= 0.6 is 24.8 Å². The first-order valence-electron chi connectivity index (χ1n) is 8.44. The molecular weight excluding hydrogens is 345 g/mol. The molecule has 1 amide bonds. The molecule has 2 fully saturated rings. The Balaban J connectivity index is 0.00000144. The van der Waals surface area contributed by atoms with Crippen molar-refractivity contribution in [3.05, 3.63) is 35.9 Å². The third-order valence-electron chi connectivity index (χ3n) is 5.66. The van der Waals surface area contributed by atoms with Crippen molar-refractivity contribution in [1.29, 1.82) is 0 Å². The van der Waals surface area contributed by atoms with Crippen LogP contribution in [0.4, 0.5) is 0 Å². The van der Waals surface area contributed by atoms with Gasteiger partial charge in [-0.25, -0.2) is 0 Å². The molecule has 1 heterocycles. The van der Waals surface area contributed by atoms with E-state index in [1.807, 2.05) is 11.0 Å². The second-order valence-electron chi connectivity index (χ2n) is 6.91. The molecule has 1 saturated heterocycles. The molecule has 4 N–H and O–H groups in total. The van der Waals surface area contributed by atoms with Gasteiger partial charge in [0.25, 0.3) is 0 Å². The zero-order chi connectivity index (χ0) is 15.6. The first kappa shape index (κ1) is 21.2. The largest absolute Gasteiger partial charge is 0.341 e. The van der Waals surface area contributed by atoms with E-state index in [9.17, 15) is 4.79 Å². The number of nitrogens with zero attached hydrogens (tertiary/aromatic N) is 1. The van der Waals surface area contributed by atoms with Crippen LogP contribution in [-0.4, -0.2) is 37.0 Å². The van der Waals surface area contributed by atoms with Crippen LogP contribution in [0.2, 0.25) is 0 Å². The van der Waals surface area contributed by atoms with Crippen molar-refractivity contribution in [2.24, 2.45) is 22.8 Å². The third kappa shape index (κ3) is 3.88. The Labute approximate surface area is 157 Å². The highest BCUT2D eigenvalue weighted by molar-refractivity contribution is 5.85. The summed E-state index contributed by atoms with van der Waals surface area (Å²) in [7, 11) is 0. The van der Waals surface area contributed by atoms with Crippen LogP contribution in [-0.2, 0) is 4.79 Å². The molecule has 2 aliphatic rings. The Morgan fingerprint density at radius 3 is 2.25 bits per heavy atom. The van der Waals surface area contributed by atoms with E-state index in [0.717, 1.165) is 38.8 Å². The van der Waals surface area contributed by atoms with Gasteiger partial charge in [0.2, 0.25) is 5.91 Å². The summed E-state index contributed by atoms with van der Waals surface area (Å²) < 4.78 is 0. The summed E-state index contributed by atoms with van der Waals surface area (Å²) >= 11 is 0. The van der Waals surface area contributed by atoms with Gasteiger partial charge in [0.15, 0.2) is 0 Å². The van der Waals surface area contributed by atoms with Gasteiger partial charge >= 0.3 is 0 Å². The number of likely N-dealkylation sites (tertiary alicyclic amines) is 1. The zero-order valence-electron chi connectivity index (χ0n) is 14.0. The fourth-order valence-electron chi connectivity index (χ4n) is 4.25. The number of hydrogen-bond acceptors (Lipinski definition) is 3. The summed E-state index contributed by atoms with van der Waals surface area (Å²) in [6.45, 7) is 2.66. The minimum atomic E-state index is -0.301. The second kappa shape index (κ2) is 9.04. The topological polar surface area (TPSA) is 72.3 Å². The molecule has 1 saturated carbocycles. The van der Waals surface area contributed by atoms with Gasteiger partial charge in [0, 0.05) is 25.6 Å². The monoisotopic (exact) mass is 373 g/mol. The van der Waals surface area contributed by atoms with E-state index in [0.29, 0.717) is 24.9 Å². The van der Waals surface area contributed by atoms with Crippen LogP contribution in [0, 0.1) is 11.3 Å². The van der Waals surface area contributed by atoms with Gasteiger partial charge < -0.3 is 16.4 Å². The SMILES string of the molecule is Cl.Cl.NC[C@@H]1CN(C(=O)C2(CN)CCCC2)C[C@H]1c1ccccc1. The van der Waals surface area contributed by atoms with Crippen molar-refractivity contribution in [1.82, 2.24) is 4.90 Å². The van der Waals surface area contributed by atoms with Crippen LogP contribution in [0.3, 0.4) is 0 Å². The normalized spacial score (nSPS) is 25.0. The van der Waals surface area contributed by atoms with E-state index in [1.54, 1.807) is 0 Å². The minimum absolute atomic E-state index is 0. The highest BCUT2D eigenvalue weighted by Gasteiger charge is 2.45. The molecule has 1 aromatic carbocycles. The van der Waals surface area contributed by atoms with Crippen LogP contribution in [0.1, 0.15) is 37.2 Å². The van der Waals surface area contributed by atoms with E-state index < -0.39 is 0 Å². The fourth-order valence-corrected chi connectivity index (χ4v) is 4.25. The molecule has 1 aliphatic heterocycles. The molecule has 1 aliphatic carbocycles. The maximum Gasteiger partial charge on any atom is 0.230 e. The average molecular weight is 374 g/mol. The first-order chi connectivity index (χ1) is 10.7. The molecule has 4 nitrogen and oxygen atoms in total. The molecule has 136 valence electrons. The number of amides is 1. The number of rotatable bonds is 4. The predicted octanol–water partition coefficient (Wildman–Crippen LogP) is 2.55. The highest BCUT2D eigenvalue weighted by Crippen LogP contribution is 2.41. The quantitative estimate of drug-likeness (QED) is 0.851. The lowest BCUT2D eigenvalue weighted by molar-refractivity contribution is -0.140. The Bertz CT molecular complexity index is 520. The molecule has 0 aromatic heterocycles. The summed E-state index contributed by atoms with van der Waals surface area (Å²) in [5.41, 5.74) is 13.0. The molecular formula is C18H29Cl2N3O. The Morgan fingerprint density at radius 2 is 1.71 bits per heavy atom. The van der Waals surface area contributed by atoms with Crippen molar-refractivity contribution >= 4 is 30.7 Å². The van der Waals surface area contributed by atoms with E-state index in [1.165, 1.54) is 5.56 Å². The zero-order valence-corrected chi connectivity index (χ0v) is 15.7. The number of halogens is 2. The fraction of sp³-hybridized carbons (Fsp3) is 0.611. The molecule has 0 spiro atoms. The maximum absolute atomic E-state index is 13.0. The standard InChI is InChI=1S/C18H27N3O.2ClH/c19-10-15-11-21(12-16(15)14-6-2-1-3-7-14)17(22)18(13-20)8-4-5-9-18;;/h1-3,6-7,15-16H,4-5,8-13,19-20H2;2*1H/t15-,16+;;/m1../s1. The predicted molar refractivity (Wildman–Crippen MR) is 103 cm³/mol. The summed E-state index contributed by atoms with van der Waals surface area (Å²) in [4.78, 5) is 15.1. The second-order valence-corrected chi connectivity index (χ2v) is 6.91. The minimum Gasteiger partial charge on any atom is -0.341 e. The first-order valence-corrected chi connectivity index (χ1v) is 8.44. The molecule has 2 atom stereocenters. The van der Waals surface area contributed by atoms with Gasteiger partial charge in [-0.1, -0.05) is 43.2 Å². The van der Waals surface area contributed by atoms with Crippen LogP contribution < -0.4 is 11.5 Å². The van der Waals surface area contributed by atoms with Gasteiger partial charge in [-0.15, -0.1) is 24.8 Å². The Kier molecular flexibility index (Phi) is 8.00. The van der Waals surface area contributed by atoms with Crippen LogP contribution in [0.5, 0.6) is 0 Å². The van der Waals surface area contributed by atoms with Crippen molar-refractivity contribution < 1.29 is 4.79 Å². The molecule has 1 aromatic rings. The van der Waals surface area contributed by atoms with E-state index in [4.69, 9.17) is 11.5 Å². The highest BCUT2D eigenvalue weighted by atomic mass is 35.5. The Hall–Kier alpha value is -0.810. The summed E-state index contributed by atoms with van der Waals surface area (Å²) in [5.74, 6) is 0.971. The van der Waals surface area contributed by atoms with Gasteiger partial charge in [0.05, 0.1) is 5.41 Å². The summed E-state index contributed by atoms with van der Waals surface area (Å²) in [6.07, 6.45) is 4.14. The molecule has 0 unspecified atom stereocenters. The van der Waals surface area contributed by atoms with Crippen molar-refractivity contribution in [3.8, 4) is 0 Å². The lowest BCUT2D eigenvalue weighted by Crippen LogP contribution is -2.46. The van der Waals surface area contributed by atoms with Gasteiger partial charge in [-0.05, 0) is 30.9 Å². The molecule has 24 heavy (non-hydrogen) atoms. The van der Waals surface area contributed by atoms with E-state index >= 15 is 0 Å². The lowest BCUT2D eigenvalue weighted by atomic mass is 9.84. The lowest BCUT2D eigenvalue weighted by Gasteiger charge is -2.31. The number of carbonyl (C=O) groups excluding carboxylic acids is 1. The third-order valence-corrected chi connectivity index (χ3v) is 5.66. The molecule has 0 radical (unpaired) electrons. The Morgan fingerprint density at radius 1 is 1.08 bits per heavy atom. The molecule has 3 rings (SSSR count). The van der Waals surface area contributed by atoms with Gasteiger partial charge in [-0.3, -0.25) is 4.79 Å². The van der Waals surface area contributed by atoms with Gasteiger partial charge in [0.1, 0.15) is 0 Å². The van der Waals surface area contributed by atoms with E-state index in [2.05, 4.69) is 24.3 Å². The molecule has 0 bridgehead atoms. The summed E-state index contributed by atoms with van der Waals surface area (Å²) in [5, 5.41) is 0. The summed E-state index contributed by atoms with van der Waals surface area (Å²) in [6, 6.07) is 10.4. The van der Waals surface area contributed by atoms with E-state index in [-0.39, 0.29) is 36.1 Å². The number of benzene rings is 1. The van der Waals surface area contributed by atoms with Crippen molar-refractivity contribution in [3.63, 3.8) is 0 Å². The van der Waals surface area contributed by atoms with Gasteiger partial charge in [-0.2, -0.15) is 0 Å². The van der Waals surface area contributed by atoms with Crippen molar-refractivity contribution in [2.45, 2.75) is 31.6 Å². The number of carbonyl (C=O) groups is 1. The van der Waals surface area contributed by atoms with Crippen LogP contribution in [0.15, 0.2) is 30.3 Å².